The summed E-state index contributed by atoms with van der Waals surface area (Å²) in [6.07, 6.45) is 1.97. The zero-order valence-electron chi connectivity index (χ0n) is 11.7. The number of nitrogens with zero attached hydrogens (tertiary/aromatic N) is 1. The molecule has 110 valence electrons. The number of carboxylic acid groups (broad SMARTS) is 1. The minimum absolute atomic E-state index is 0.0102. The van der Waals surface area contributed by atoms with Gasteiger partial charge in [-0.25, -0.2) is 0 Å². The summed E-state index contributed by atoms with van der Waals surface area (Å²) in [7, 11) is 0. The highest BCUT2D eigenvalue weighted by atomic mass is 32.2. The van der Waals surface area contributed by atoms with Gasteiger partial charge in [-0.3, -0.25) is 14.5 Å². The maximum Gasteiger partial charge on any atom is 0.304 e. The molecule has 19 heavy (non-hydrogen) atoms. The summed E-state index contributed by atoms with van der Waals surface area (Å²) in [6.45, 7) is 5.21. The van der Waals surface area contributed by atoms with Crippen molar-refractivity contribution >= 4 is 23.6 Å². The molecule has 1 rings (SSSR count). The number of hydrogen-bond acceptors (Lipinski definition) is 4. The Morgan fingerprint density at radius 3 is 2.68 bits per heavy atom. The number of carbonyl (C=O) groups is 2. The first-order valence-electron chi connectivity index (χ1n) is 6.89. The molecule has 1 heterocycles. The van der Waals surface area contributed by atoms with Gasteiger partial charge in [0.1, 0.15) is 0 Å². The molecule has 0 aliphatic carbocycles. The molecule has 0 bridgehead atoms. The lowest BCUT2D eigenvalue weighted by molar-refractivity contribution is -0.138. The fourth-order valence-corrected chi connectivity index (χ4v) is 3.37. The van der Waals surface area contributed by atoms with Gasteiger partial charge >= 0.3 is 5.97 Å². The molecule has 6 heteroatoms. The number of carboxylic acids is 1. The predicted molar refractivity (Wildman–Crippen MR) is 77.5 cm³/mol. The Balaban J connectivity index is 2.47. The molecule has 1 aliphatic heterocycles. The van der Waals surface area contributed by atoms with Crippen molar-refractivity contribution in [3.63, 3.8) is 0 Å². The smallest absolute Gasteiger partial charge is 0.304 e. The lowest BCUT2D eigenvalue weighted by Crippen LogP contribution is -2.49. The maximum atomic E-state index is 12.0. The molecule has 1 saturated heterocycles. The summed E-state index contributed by atoms with van der Waals surface area (Å²) < 4.78 is 0. The topological polar surface area (TPSA) is 69.6 Å². The molecule has 0 spiro atoms. The molecule has 1 amide bonds. The van der Waals surface area contributed by atoms with Gasteiger partial charge in [0.05, 0.1) is 13.0 Å². The molecule has 0 radical (unpaired) electrons. The Kier molecular flexibility index (Phi) is 7.23. The van der Waals surface area contributed by atoms with Crippen LogP contribution in [0.1, 0.15) is 33.1 Å². The second-order valence-electron chi connectivity index (χ2n) is 4.88. The van der Waals surface area contributed by atoms with Crippen LogP contribution in [0.4, 0.5) is 0 Å². The van der Waals surface area contributed by atoms with E-state index in [-0.39, 0.29) is 24.4 Å². The van der Waals surface area contributed by atoms with E-state index in [1.54, 1.807) is 11.8 Å². The van der Waals surface area contributed by atoms with Gasteiger partial charge in [0, 0.05) is 30.1 Å². The number of amides is 1. The molecule has 0 aromatic heterocycles. The number of hydrogen-bond donors (Lipinski definition) is 2. The number of thioether (sulfide) groups is 1. The number of rotatable bonds is 7. The molecule has 1 fully saturated rings. The average molecular weight is 288 g/mol. The van der Waals surface area contributed by atoms with Gasteiger partial charge < -0.3 is 10.4 Å². The quantitative estimate of drug-likeness (QED) is 0.736. The van der Waals surface area contributed by atoms with Crippen LogP contribution in [0.5, 0.6) is 0 Å². The van der Waals surface area contributed by atoms with E-state index in [1.807, 2.05) is 4.90 Å². The van der Waals surface area contributed by atoms with Gasteiger partial charge in [0.2, 0.25) is 5.91 Å². The van der Waals surface area contributed by atoms with Crippen molar-refractivity contribution in [2.24, 2.45) is 0 Å². The van der Waals surface area contributed by atoms with Gasteiger partial charge in [-0.05, 0) is 12.8 Å². The zero-order valence-corrected chi connectivity index (χ0v) is 12.5. The van der Waals surface area contributed by atoms with Crippen LogP contribution in [0.2, 0.25) is 0 Å². The van der Waals surface area contributed by atoms with Crippen LogP contribution in [-0.4, -0.2) is 58.6 Å². The van der Waals surface area contributed by atoms with E-state index in [9.17, 15) is 9.59 Å². The van der Waals surface area contributed by atoms with E-state index >= 15 is 0 Å². The second kappa shape index (κ2) is 8.43. The average Bonchev–Trinajstić information content (AvgIpc) is 2.37. The molecular formula is C13H24N2O3S. The third kappa shape index (κ3) is 5.82. The van der Waals surface area contributed by atoms with Gasteiger partial charge in [-0.1, -0.05) is 13.8 Å². The molecule has 1 aliphatic rings. The maximum absolute atomic E-state index is 12.0. The molecule has 0 aromatic rings. The van der Waals surface area contributed by atoms with Crippen LogP contribution in [0, 0.1) is 0 Å². The Hall–Kier alpha value is -0.750. The SMILES string of the molecule is CCC(CC)NC(=O)CN1CCSCC1CC(=O)O. The van der Waals surface area contributed by atoms with E-state index in [2.05, 4.69) is 19.2 Å². The standard InChI is InChI=1S/C13H24N2O3S/c1-3-10(4-2)14-12(16)8-15-5-6-19-9-11(15)7-13(17)18/h10-11H,3-9H2,1-2H3,(H,14,16)(H,17,18). The summed E-state index contributed by atoms with van der Waals surface area (Å²) in [5.41, 5.74) is 0. The first kappa shape index (κ1) is 16.3. The van der Waals surface area contributed by atoms with Crippen molar-refractivity contribution in [2.75, 3.05) is 24.6 Å². The van der Waals surface area contributed by atoms with E-state index in [1.165, 1.54) is 0 Å². The molecule has 1 unspecified atom stereocenters. The van der Waals surface area contributed by atoms with Crippen LogP contribution in [0.15, 0.2) is 0 Å². The number of aliphatic carboxylic acids is 1. The Bertz CT molecular complexity index is 308. The van der Waals surface area contributed by atoms with Crippen molar-refractivity contribution in [1.29, 1.82) is 0 Å². The third-order valence-corrected chi connectivity index (χ3v) is 4.55. The van der Waals surface area contributed by atoms with Crippen LogP contribution in [-0.2, 0) is 9.59 Å². The van der Waals surface area contributed by atoms with Gasteiger partial charge in [0.15, 0.2) is 0 Å². The van der Waals surface area contributed by atoms with E-state index in [0.29, 0.717) is 6.54 Å². The minimum Gasteiger partial charge on any atom is -0.481 e. The van der Waals surface area contributed by atoms with Crippen molar-refractivity contribution in [1.82, 2.24) is 10.2 Å². The molecule has 0 saturated carbocycles. The van der Waals surface area contributed by atoms with Crippen LogP contribution in [0.25, 0.3) is 0 Å². The fourth-order valence-electron chi connectivity index (χ4n) is 2.24. The largest absolute Gasteiger partial charge is 0.481 e. The highest BCUT2D eigenvalue weighted by molar-refractivity contribution is 7.99. The number of nitrogens with one attached hydrogen (secondary N) is 1. The molecule has 1 atom stereocenters. The highest BCUT2D eigenvalue weighted by Crippen LogP contribution is 2.18. The van der Waals surface area contributed by atoms with E-state index in [0.717, 1.165) is 30.9 Å². The van der Waals surface area contributed by atoms with Crippen LogP contribution >= 0.6 is 11.8 Å². The Labute approximate surface area is 119 Å². The Morgan fingerprint density at radius 2 is 2.11 bits per heavy atom. The van der Waals surface area contributed by atoms with Gasteiger partial charge in [-0.2, -0.15) is 11.8 Å². The van der Waals surface area contributed by atoms with Gasteiger partial charge in [-0.15, -0.1) is 0 Å². The summed E-state index contributed by atoms with van der Waals surface area (Å²) in [5, 5.41) is 11.9. The third-order valence-electron chi connectivity index (χ3n) is 3.46. The first-order chi connectivity index (χ1) is 9.06. The van der Waals surface area contributed by atoms with Crippen molar-refractivity contribution < 1.29 is 14.7 Å². The van der Waals surface area contributed by atoms with Crippen molar-refractivity contribution in [2.45, 2.75) is 45.2 Å². The summed E-state index contributed by atoms with van der Waals surface area (Å²) >= 11 is 1.76. The molecular weight excluding hydrogens is 264 g/mol. The first-order valence-corrected chi connectivity index (χ1v) is 8.05. The van der Waals surface area contributed by atoms with Crippen molar-refractivity contribution in [3.05, 3.63) is 0 Å². The lowest BCUT2D eigenvalue weighted by atomic mass is 10.1. The fraction of sp³-hybridized carbons (Fsp3) is 0.846. The lowest BCUT2D eigenvalue weighted by Gasteiger charge is -2.34. The van der Waals surface area contributed by atoms with Crippen LogP contribution < -0.4 is 5.32 Å². The second-order valence-corrected chi connectivity index (χ2v) is 6.03. The predicted octanol–water partition coefficient (Wildman–Crippen LogP) is 1.18. The van der Waals surface area contributed by atoms with Gasteiger partial charge in [0.25, 0.3) is 0 Å². The Morgan fingerprint density at radius 1 is 1.42 bits per heavy atom. The minimum atomic E-state index is -0.794. The normalized spacial score (nSPS) is 20.5. The summed E-state index contributed by atoms with van der Waals surface area (Å²) in [4.78, 5) is 24.8. The molecule has 2 N–H and O–H groups in total. The summed E-state index contributed by atoms with van der Waals surface area (Å²) in [6, 6.07) is 0.202. The monoisotopic (exact) mass is 288 g/mol. The highest BCUT2D eigenvalue weighted by Gasteiger charge is 2.26. The van der Waals surface area contributed by atoms with Crippen LogP contribution in [0.3, 0.4) is 0 Å². The van der Waals surface area contributed by atoms with E-state index in [4.69, 9.17) is 5.11 Å². The summed E-state index contributed by atoms with van der Waals surface area (Å²) in [5.74, 6) is 0.979. The van der Waals surface area contributed by atoms with E-state index < -0.39 is 5.97 Å². The zero-order chi connectivity index (χ0) is 14.3. The molecule has 5 nitrogen and oxygen atoms in total. The van der Waals surface area contributed by atoms with Crippen molar-refractivity contribution in [3.8, 4) is 0 Å². The number of carbonyl (C=O) groups excluding carboxylic acids is 1. The molecule has 0 aromatic carbocycles.